The number of amides is 1. The predicted octanol–water partition coefficient (Wildman–Crippen LogP) is 3.23. The van der Waals surface area contributed by atoms with Gasteiger partial charge in [0.2, 0.25) is 15.9 Å². The lowest BCUT2D eigenvalue weighted by Crippen LogP contribution is -2.42. The normalized spacial score (nSPS) is 12.7. The minimum Gasteiger partial charge on any atom is -0.325 e. The van der Waals surface area contributed by atoms with Crippen molar-refractivity contribution in [1.29, 1.82) is 0 Å². The summed E-state index contributed by atoms with van der Waals surface area (Å²) in [5.41, 5.74) is 3.84. The fourth-order valence-corrected chi connectivity index (χ4v) is 4.52. The Hall–Kier alpha value is -2.18. The molecular weight excluding hydrogens is 336 g/mol. The Morgan fingerprint density at radius 2 is 1.48 bits per heavy atom. The van der Waals surface area contributed by atoms with Crippen LogP contribution in [-0.4, -0.2) is 20.4 Å². The number of anilines is 1. The van der Waals surface area contributed by atoms with E-state index in [0.29, 0.717) is 16.8 Å². The fourth-order valence-electron chi connectivity index (χ4n) is 2.70. The maximum absolute atomic E-state index is 12.9. The molecule has 0 spiro atoms. The molecule has 0 fully saturated rings. The van der Waals surface area contributed by atoms with E-state index in [1.54, 1.807) is 38.1 Å². The molecule has 0 aliphatic carbocycles. The van der Waals surface area contributed by atoms with Crippen LogP contribution in [0.25, 0.3) is 0 Å². The maximum Gasteiger partial charge on any atom is 0.242 e. The third-order valence-corrected chi connectivity index (χ3v) is 6.15. The summed E-state index contributed by atoms with van der Waals surface area (Å²) < 4.78 is 28.2. The van der Waals surface area contributed by atoms with Crippen LogP contribution in [0.15, 0.2) is 41.3 Å². The van der Waals surface area contributed by atoms with Crippen molar-refractivity contribution >= 4 is 21.6 Å². The summed E-state index contributed by atoms with van der Waals surface area (Å²) >= 11 is 0. The molecule has 0 unspecified atom stereocenters. The van der Waals surface area contributed by atoms with Crippen molar-refractivity contribution < 1.29 is 13.2 Å². The number of sulfonamides is 1. The number of aryl methyl sites for hydroxylation is 2. The van der Waals surface area contributed by atoms with E-state index < -0.39 is 22.0 Å². The second kappa shape index (κ2) is 7.37. The number of benzene rings is 2. The van der Waals surface area contributed by atoms with Crippen LogP contribution in [0.3, 0.4) is 0 Å². The van der Waals surface area contributed by atoms with Gasteiger partial charge in [-0.1, -0.05) is 24.3 Å². The number of carbonyl (C=O) groups is 1. The molecular formula is C19H24N2O3S. The van der Waals surface area contributed by atoms with Gasteiger partial charge in [0.1, 0.15) is 0 Å². The third kappa shape index (κ3) is 4.27. The lowest BCUT2D eigenvalue weighted by molar-refractivity contribution is -0.117. The van der Waals surface area contributed by atoms with Crippen molar-refractivity contribution in [2.75, 3.05) is 5.32 Å². The van der Waals surface area contributed by atoms with E-state index in [1.807, 2.05) is 26.0 Å². The van der Waals surface area contributed by atoms with Crippen LogP contribution in [0.5, 0.6) is 0 Å². The van der Waals surface area contributed by atoms with Gasteiger partial charge in [-0.15, -0.1) is 0 Å². The number of hydrogen-bond donors (Lipinski definition) is 2. The minimum atomic E-state index is -3.81. The highest BCUT2D eigenvalue weighted by molar-refractivity contribution is 7.89. The lowest BCUT2D eigenvalue weighted by Gasteiger charge is -2.19. The maximum atomic E-state index is 12.9. The predicted molar refractivity (Wildman–Crippen MR) is 100 cm³/mol. The van der Waals surface area contributed by atoms with Gasteiger partial charge in [-0.25, -0.2) is 8.42 Å². The molecule has 134 valence electrons. The number of para-hydroxylation sites is 1. The summed E-state index contributed by atoms with van der Waals surface area (Å²) in [6.07, 6.45) is 0. The summed E-state index contributed by atoms with van der Waals surface area (Å²) in [5.74, 6) is -0.408. The van der Waals surface area contributed by atoms with E-state index in [1.165, 1.54) is 6.92 Å². The highest BCUT2D eigenvalue weighted by Gasteiger charge is 2.26. The standard InChI is InChI=1S/C19H24N2O3S/c1-12-11-13(2)15(4)18(14(12)3)25(23,24)21-16(5)19(22)20-17-9-7-6-8-10-17/h6-11,16,21H,1-5H3,(H,20,22)/t16-/m0/s1. The second-order valence-electron chi connectivity index (χ2n) is 6.29. The zero-order valence-electron chi connectivity index (χ0n) is 15.2. The van der Waals surface area contributed by atoms with Gasteiger partial charge >= 0.3 is 0 Å². The monoisotopic (exact) mass is 360 g/mol. The minimum absolute atomic E-state index is 0.254. The number of rotatable bonds is 5. The van der Waals surface area contributed by atoms with Crippen LogP contribution in [-0.2, 0) is 14.8 Å². The Bertz CT molecular complexity index is 864. The molecule has 5 nitrogen and oxygen atoms in total. The highest BCUT2D eigenvalue weighted by Crippen LogP contribution is 2.26. The molecule has 0 aliphatic heterocycles. The van der Waals surface area contributed by atoms with Crippen LogP contribution in [0.1, 0.15) is 29.2 Å². The number of nitrogens with one attached hydrogen (secondary N) is 2. The first-order valence-electron chi connectivity index (χ1n) is 8.09. The molecule has 0 radical (unpaired) electrons. The molecule has 25 heavy (non-hydrogen) atoms. The zero-order chi connectivity index (χ0) is 18.8. The quantitative estimate of drug-likeness (QED) is 0.860. The third-order valence-electron chi connectivity index (χ3n) is 4.33. The molecule has 0 bridgehead atoms. The summed E-state index contributed by atoms with van der Waals surface area (Å²) in [4.78, 5) is 12.5. The largest absolute Gasteiger partial charge is 0.325 e. The van der Waals surface area contributed by atoms with Gasteiger partial charge in [0.05, 0.1) is 10.9 Å². The van der Waals surface area contributed by atoms with E-state index >= 15 is 0 Å². The molecule has 2 rings (SSSR count). The Balaban J connectivity index is 2.26. The summed E-state index contributed by atoms with van der Waals surface area (Å²) in [6, 6.07) is 10.0. The molecule has 0 saturated heterocycles. The van der Waals surface area contributed by atoms with Gasteiger partial charge < -0.3 is 5.32 Å². The second-order valence-corrected chi connectivity index (χ2v) is 7.94. The van der Waals surface area contributed by atoms with E-state index in [2.05, 4.69) is 10.0 Å². The smallest absolute Gasteiger partial charge is 0.242 e. The van der Waals surface area contributed by atoms with Crippen LogP contribution < -0.4 is 10.0 Å². The van der Waals surface area contributed by atoms with Crippen molar-refractivity contribution in [2.45, 2.75) is 45.6 Å². The topological polar surface area (TPSA) is 75.3 Å². The molecule has 0 saturated carbocycles. The SMILES string of the molecule is Cc1cc(C)c(C)c(S(=O)(=O)N[C@@H](C)C(=O)Nc2ccccc2)c1C. The first kappa shape index (κ1) is 19.1. The summed E-state index contributed by atoms with van der Waals surface area (Å²) in [6.45, 7) is 8.86. The average Bonchev–Trinajstić information content (AvgIpc) is 2.53. The van der Waals surface area contributed by atoms with E-state index in [-0.39, 0.29) is 4.90 Å². The highest BCUT2D eigenvalue weighted by atomic mass is 32.2. The van der Waals surface area contributed by atoms with Gasteiger partial charge in [-0.05, 0) is 69.0 Å². The van der Waals surface area contributed by atoms with Crippen molar-refractivity contribution in [2.24, 2.45) is 0 Å². The van der Waals surface area contributed by atoms with Crippen LogP contribution >= 0.6 is 0 Å². The van der Waals surface area contributed by atoms with Crippen LogP contribution in [0, 0.1) is 27.7 Å². The van der Waals surface area contributed by atoms with E-state index in [4.69, 9.17) is 0 Å². The molecule has 0 aromatic heterocycles. The van der Waals surface area contributed by atoms with Crippen molar-refractivity contribution in [3.63, 3.8) is 0 Å². The average molecular weight is 360 g/mol. The van der Waals surface area contributed by atoms with Crippen molar-refractivity contribution in [3.8, 4) is 0 Å². The van der Waals surface area contributed by atoms with Gasteiger partial charge in [-0.3, -0.25) is 4.79 Å². The fraction of sp³-hybridized carbons (Fsp3) is 0.316. The first-order chi connectivity index (χ1) is 11.6. The number of carbonyl (C=O) groups excluding carboxylic acids is 1. The van der Waals surface area contributed by atoms with Gasteiger partial charge in [0.15, 0.2) is 0 Å². The molecule has 2 aromatic carbocycles. The molecule has 1 amide bonds. The van der Waals surface area contributed by atoms with Gasteiger partial charge in [-0.2, -0.15) is 4.72 Å². The Kier molecular flexibility index (Phi) is 5.65. The number of hydrogen-bond acceptors (Lipinski definition) is 3. The Morgan fingerprint density at radius 3 is 2.00 bits per heavy atom. The summed E-state index contributed by atoms with van der Waals surface area (Å²) in [5, 5.41) is 2.70. The molecule has 6 heteroatoms. The van der Waals surface area contributed by atoms with Crippen molar-refractivity contribution in [1.82, 2.24) is 4.72 Å². The molecule has 2 aromatic rings. The molecule has 0 aliphatic rings. The molecule has 2 N–H and O–H groups in total. The van der Waals surface area contributed by atoms with Gasteiger partial charge in [0, 0.05) is 5.69 Å². The van der Waals surface area contributed by atoms with Gasteiger partial charge in [0.25, 0.3) is 0 Å². The zero-order valence-corrected chi connectivity index (χ0v) is 16.0. The molecule has 0 heterocycles. The first-order valence-corrected chi connectivity index (χ1v) is 9.57. The lowest BCUT2D eigenvalue weighted by atomic mass is 10.0. The van der Waals surface area contributed by atoms with Crippen LogP contribution in [0.2, 0.25) is 0 Å². The van der Waals surface area contributed by atoms with E-state index in [9.17, 15) is 13.2 Å². The Labute approximate surface area is 149 Å². The Morgan fingerprint density at radius 1 is 0.960 bits per heavy atom. The molecule has 1 atom stereocenters. The summed E-state index contributed by atoms with van der Waals surface area (Å²) in [7, 11) is -3.81. The van der Waals surface area contributed by atoms with E-state index in [0.717, 1.165) is 11.1 Å². The van der Waals surface area contributed by atoms with Crippen LogP contribution in [0.4, 0.5) is 5.69 Å². The van der Waals surface area contributed by atoms with Crippen molar-refractivity contribution in [3.05, 3.63) is 58.7 Å².